The Morgan fingerprint density at radius 2 is 1.43 bits per heavy atom. The Morgan fingerprint density at radius 3 is 1.97 bits per heavy atom. The van der Waals surface area contributed by atoms with Gasteiger partial charge in [0.2, 0.25) is 5.95 Å². The van der Waals surface area contributed by atoms with Crippen LogP contribution in [0.4, 0.5) is 5.95 Å². The quantitative estimate of drug-likeness (QED) is 0.0532. The van der Waals surface area contributed by atoms with Crippen LogP contribution < -0.4 is 25.4 Å². The minimum absolute atomic E-state index is 0.131. The van der Waals surface area contributed by atoms with Crippen LogP contribution in [0.2, 0.25) is 0 Å². The van der Waals surface area contributed by atoms with Gasteiger partial charge in [-0.25, -0.2) is 4.98 Å². The number of nitrogens with zero attached hydrogens (tertiary/aromatic N) is 6. The molecular weight excluding hydrogens is 888 g/mol. The molecule has 2 aliphatic rings. The zero-order valence-corrected chi connectivity index (χ0v) is 41.1. The number of anilines is 1. The summed E-state index contributed by atoms with van der Waals surface area (Å²) in [5.74, 6) is 1.79. The molecule has 4 atom stereocenters. The van der Waals surface area contributed by atoms with Crippen molar-refractivity contribution < 1.29 is 42.6 Å². The van der Waals surface area contributed by atoms with Gasteiger partial charge in [-0.1, -0.05) is 93.6 Å². The number of methoxy groups -OCH3 is 2. The number of aromatic nitrogens is 4. The lowest BCUT2D eigenvalue weighted by Crippen LogP contribution is -2.40. The van der Waals surface area contributed by atoms with Crippen LogP contribution in [0.3, 0.4) is 0 Å². The van der Waals surface area contributed by atoms with Gasteiger partial charge in [0.1, 0.15) is 35.4 Å². The van der Waals surface area contributed by atoms with Gasteiger partial charge in [0.25, 0.3) is 5.56 Å². The Morgan fingerprint density at radius 1 is 0.824 bits per heavy atom. The lowest BCUT2D eigenvalue weighted by atomic mass is 9.75. The third-order valence-corrected chi connectivity index (χ3v) is 12.6. The van der Waals surface area contributed by atoms with Crippen LogP contribution >= 0.6 is 8.60 Å². The van der Waals surface area contributed by atoms with E-state index in [1.807, 2.05) is 93.0 Å². The lowest BCUT2D eigenvalue weighted by Gasteiger charge is -2.36. The molecule has 0 radical (unpaired) electrons. The summed E-state index contributed by atoms with van der Waals surface area (Å²) in [6, 6.07) is 32.1. The Labute approximate surface area is 399 Å². The first-order chi connectivity index (χ1) is 32.8. The standard InChI is InChI=1S/C43H48BN6O10P.C6H15N/c1-48(2)23-28-13-12-27(24-56-43(29-10-8-7-9-11-29,30-14-18-32(54-5)19-15-30)31-16-20-33(55-6)21-17-31)22-34(28)44-59-37-35(25-57-61(52)53)58-41(38(37)60-44)50-26-45-36-39(50)46-42(49(3)4)47-40(36)51;1-4-7(5-2)6-3/h7-22,26,35,37-38,41,52-53H,23-25H2,1-6H3,(H,46,47,51);4-6H2,1-3H3/t35-,37-,38-,41-;/m1./s1. The Bertz CT molecular complexity index is 2540. The highest BCUT2D eigenvalue weighted by atomic mass is 31.2. The molecule has 2 fully saturated rings. The Balaban J connectivity index is 0.000000908. The molecule has 0 saturated carbocycles. The zero-order valence-electron chi connectivity index (χ0n) is 40.2. The number of imidazole rings is 1. The van der Waals surface area contributed by atoms with E-state index in [-0.39, 0.29) is 18.7 Å². The summed E-state index contributed by atoms with van der Waals surface area (Å²) < 4.78 is 45.2. The second-order valence-electron chi connectivity index (χ2n) is 16.9. The molecule has 2 aliphatic heterocycles. The molecule has 17 nitrogen and oxygen atoms in total. The summed E-state index contributed by atoms with van der Waals surface area (Å²) in [5, 5.41) is 0. The fourth-order valence-electron chi connectivity index (χ4n) is 8.67. The van der Waals surface area contributed by atoms with Crippen molar-refractivity contribution in [2.24, 2.45) is 0 Å². The molecule has 0 unspecified atom stereocenters. The van der Waals surface area contributed by atoms with E-state index >= 15 is 0 Å². The summed E-state index contributed by atoms with van der Waals surface area (Å²) in [6.45, 7) is 10.7. The number of aromatic amines is 1. The monoisotopic (exact) mass is 951 g/mol. The highest BCUT2D eigenvalue weighted by Gasteiger charge is 2.56. The number of H-pyrrole nitrogens is 1. The summed E-state index contributed by atoms with van der Waals surface area (Å²) in [7, 11) is 7.26. The van der Waals surface area contributed by atoms with Crippen molar-refractivity contribution in [3.05, 3.63) is 142 Å². The number of benzene rings is 4. The first-order valence-corrected chi connectivity index (χ1v) is 23.9. The van der Waals surface area contributed by atoms with E-state index in [1.165, 1.54) is 26.0 Å². The molecule has 2 aromatic heterocycles. The van der Waals surface area contributed by atoms with Crippen molar-refractivity contribution in [1.29, 1.82) is 0 Å². The molecular formula is C49H63BN7O10P. The highest BCUT2D eigenvalue weighted by molar-refractivity contribution is 7.39. The van der Waals surface area contributed by atoms with Gasteiger partial charge in [0.15, 0.2) is 17.4 Å². The van der Waals surface area contributed by atoms with Crippen LogP contribution in [0.25, 0.3) is 11.2 Å². The molecule has 8 rings (SSSR count). The van der Waals surface area contributed by atoms with Gasteiger partial charge in [-0.2, -0.15) is 4.98 Å². The summed E-state index contributed by atoms with van der Waals surface area (Å²) >= 11 is 0. The molecule has 3 N–H and O–H groups in total. The molecule has 4 heterocycles. The molecule has 2 saturated heterocycles. The predicted molar refractivity (Wildman–Crippen MR) is 263 cm³/mol. The van der Waals surface area contributed by atoms with Crippen molar-refractivity contribution in [3.8, 4) is 11.5 Å². The predicted octanol–water partition coefficient (Wildman–Crippen LogP) is 5.43. The molecule has 0 amide bonds. The van der Waals surface area contributed by atoms with E-state index in [4.69, 9.17) is 32.8 Å². The van der Waals surface area contributed by atoms with Gasteiger partial charge in [-0.15, -0.1) is 0 Å². The number of hydrogen-bond donors (Lipinski definition) is 3. The van der Waals surface area contributed by atoms with Crippen molar-refractivity contribution in [3.63, 3.8) is 0 Å². The molecule has 6 aromatic rings. The van der Waals surface area contributed by atoms with Crippen LogP contribution in [0.15, 0.2) is 108 Å². The molecule has 0 aliphatic carbocycles. The summed E-state index contributed by atoms with van der Waals surface area (Å²) in [5.41, 5.74) is 4.32. The van der Waals surface area contributed by atoms with Crippen LogP contribution in [0.1, 0.15) is 54.8 Å². The van der Waals surface area contributed by atoms with Crippen molar-refractivity contribution >= 4 is 38.3 Å². The van der Waals surface area contributed by atoms with Crippen LogP contribution in [-0.4, -0.2) is 133 Å². The molecule has 0 spiro atoms. The van der Waals surface area contributed by atoms with E-state index in [0.29, 0.717) is 18.1 Å². The smallest absolute Gasteiger partial charge is 0.495 e. The van der Waals surface area contributed by atoms with Gasteiger partial charge in [-0.05, 0) is 91.3 Å². The van der Waals surface area contributed by atoms with Gasteiger partial charge in [-0.3, -0.25) is 14.3 Å². The molecule has 4 aromatic carbocycles. The Kier molecular flexibility index (Phi) is 17.1. The fourth-order valence-corrected chi connectivity index (χ4v) is 8.95. The third kappa shape index (κ3) is 11.1. The topological polar surface area (TPSA) is 178 Å². The second kappa shape index (κ2) is 22.9. The van der Waals surface area contributed by atoms with E-state index in [9.17, 15) is 14.6 Å². The van der Waals surface area contributed by atoms with Crippen LogP contribution in [0, 0.1) is 0 Å². The average Bonchev–Trinajstić information content (AvgIpc) is 4.07. The number of hydrogen-bond acceptors (Lipinski definition) is 15. The summed E-state index contributed by atoms with van der Waals surface area (Å²) in [4.78, 5) is 50.3. The maximum atomic E-state index is 13.0. The second-order valence-corrected chi connectivity index (χ2v) is 17.7. The van der Waals surface area contributed by atoms with E-state index < -0.39 is 51.4 Å². The molecule has 362 valence electrons. The van der Waals surface area contributed by atoms with Crippen LogP contribution in [0.5, 0.6) is 11.5 Å². The minimum atomic E-state index is -2.67. The average molecular weight is 952 g/mol. The van der Waals surface area contributed by atoms with Gasteiger partial charge < -0.3 is 57.3 Å². The molecule has 0 bridgehead atoms. The van der Waals surface area contributed by atoms with Crippen LogP contribution in [-0.2, 0) is 42.1 Å². The minimum Gasteiger partial charge on any atom is -0.497 e. The number of fused-ring (bicyclic) bond motifs is 2. The Hall–Kier alpha value is -5.24. The van der Waals surface area contributed by atoms with E-state index in [2.05, 4.69) is 63.7 Å². The fraction of sp³-hybridized carbons (Fsp3) is 0.408. The van der Waals surface area contributed by atoms with Crippen molar-refractivity contribution in [2.45, 2.75) is 64.1 Å². The first-order valence-electron chi connectivity index (χ1n) is 22.7. The number of rotatable bonds is 19. The zero-order chi connectivity index (χ0) is 48.5. The first kappa shape index (κ1) is 50.6. The number of ether oxygens (including phenoxy) is 4. The van der Waals surface area contributed by atoms with E-state index in [1.54, 1.807) is 37.8 Å². The maximum Gasteiger partial charge on any atom is 0.495 e. The normalized spacial score (nSPS) is 18.1. The lowest BCUT2D eigenvalue weighted by molar-refractivity contribution is -0.0543. The largest absolute Gasteiger partial charge is 0.497 e. The van der Waals surface area contributed by atoms with Gasteiger partial charge >= 0.3 is 15.7 Å². The molecule has 19 heteroatoms. The van der Waals surface area contributed by atoms with Gasteiger partial charge in [0.05, 0.1) is 33.8 Å². The maximum absolute atomic E-state index is 13.0. The molecule has 68 heavy (non-hydrogen) atoms. The van der Waals surface area contributed by atoms with Gasteiger partial charge in [0, 0.05) is 20.6 Å². The van der Waals surface area contributed by atoms with E-state index in [0.717, 1.165) is 44.8 Å². The number of nitrogens with one attached hydrogen (secondary N) is 1. The van der Waals surface area contributed by atoms with Crippen molar-refractivity contribution in [2.75, 3.05) is 73.6 Å². The highest BCUT2D eigenvalue weighted by Crippen LogP contribution is 2.43. The van der Waals surface area contributed by atoms with Crippen molar-refractivity contribution in [1.82, 2.24) is 29.3 Å². The summed E-state index contributed by atoms with van der Waals surface area (Å²) in [6.07, 6.45) is -1.58. The SMILES string of the molecule is CCN(CC)CC.COc1ccc(C(OCc2ccc(CN(C)C)c(B3O[C@@H]4[C@H](O3)[C@@H](COP(O)O)O[C@H]4n3cnc4c(=O)[nH]c(N(C)C)nc43)c2)(c2ccccc2)c2ccc(OC)cc2)cc1. The third-order valence-electron chi connectivity index (χ3n) is 12.2.